The predicted molar refractivity (Wildman–Crippen MR) is 82.4 cm³/mol. The van der Waals surface area contributed by atoms with Gasteiger partial charge in [-0.05, 0) is 43.8 Å². The number of carbonyl (C=O) groups excluding carboxylic acids is 2. The average molecular weight is 413 g/mol. The maximum absolute atomic E-state index is 12.1. The Morgan fingerprint density at radius 3 is 2.53 bits per heavy atom. The van der Waals surface area contributed by atoms with Crippen LogP contribution >= 0.6 is 43.2 Å². The van der Waals surface area contributed by atoms with Crippen molar-refractivity contribution in [2.24, 2.45) is 5.92 Å². The first-order valence-corrected chi connectivity index (χ1v) is 8.14. The number of hydrogen-bond acceptors (Lipinski definition) is 4. The maximum Gasteiger partial charge on any atom is 0.328 e. The highest BCUT2D eigenvalue weighted by Gasteiger charge is 2.27. The Labute approximate surface area is 133 Å². The minimum absolute atomic E-state index is 0.0169. The molecule has 1 aromatic heterocycles. The molecule has 0 aromatic carbocycles. The third-order valence-corrected chi connectivity index (χ3v) is 6.08. The Kier molecular flexibility index (Phi) is 6.49. The van der Waals surface area contributed by atoms with Crippen molar-refractivity contribution in [1.82, 2.24) is 5.32 Å². The molecule has 1 N–H and O–H groups in total. The topological polar surface area (TPSA) is 55.4 Å². The van der Waals surface area contributed by atoms with Crippen LogP contribution in [0.25, 0.3) is 0 Å². The number of carbonyl (C=O) groups is 2. The van der Waals surface area contributed by atoms with E-state index < -0.39 is 12.0 Å². The summed E-state index contributed by atoms with van der Waals surface area (Å²) in [5.41, 5.74) is 0. The lowest BCUT2D eigenvalue weighted by atomic mass is 9.99. The molecule has 4 nitrogen and oxygen atoms in total. The quantitative estimate of drug-likeness (QED) is 0.751. The molecule has 1 rings (SSSR count). The van der Waals surface area contributed by atoms with Crippen molar-refractivity contribution in [3.63, 3.8) is 0 Å². The number of nitrogens with one attached hydrogen (secondary N) is 1. The van der Waals surface area contributed by atoms with Crippen molar-refractivity contribution in [2.45, 2.75) is 26.3 Å². The molecule has 0 radical (unpaired) electrons. The first-order chi connectivity index (χ1) is 8.90. The Morgan fingerprint density at radius 1 is 1.47 bits per heavy atom. The summed E-state index contributed by atoms with van der Waals surface area (Å²) in [5, 5.41) is 2.73. The summed E-state index contributed by atoms with van der Waals surface area (Å²) >= 11 is 7.97. The summed E-state index contributed by atoms with van der Waals surface area (Å²) in [4.78, 5) is 24.3. The number of halogens is 2. The third kappa shape index (κ3) is 4.29. The molecule has 1 amide bonds. The standard InChI is InChI=1S/C12H15Br2NO3S/c1-4-6(2)9(12(17)18-3)15-11(16)8-5-7(13)10(14)19-8/h5-6,9H,4H2,1-3H3,(H,15,16)/t6-,9+/m0/s1. The van der Waals surface area contributed by atoms with Gasteiger partial charge in [0.15, 0.2) is 0 Å². The number of ether oxygens (including phenoxy) is 1. The second-order valence-electron chi connectivity index (χ2n) is 4.09. The summed E-state index contributed by atoms with van der Waals surface area (Å²) in [5.74, 6) is -0.673. The van der Waals surface area contributed by atoms with E-state index in [-0.39, 0.29) is 11.8 Å². The maximum atomic E-state index is 12.1. The van der Waals surface area contributed by atoms with Gasteiger partial charge in [0, 0.05) is 4.47 Å². The van der Waals surface area contributed by atoms with Gasteiger partial charge >= 0.3 is 5.97 Å². The van der Waals surface area contributed by atoms with E-state index in [1.165, 1.54) is 18.4 Å². The van der Waals surface area contributed by atoms with Crippen LogP contribution in [-0.2, 0) is 9.53 Å². The highest BCUT2D eigenvalue weighted by Crippen LogP contribution is 2.32. The molecule has 2 atom stereocenters. The SMILES string of the molecule is CC[C@H](C)[C@@H](NC(=O)c1cc(Br)c(Br)s1)C(=O)OC. The van der Waals surface area contributed by atoms with Gasteiger partial charge in [0.2, 0.25) is 0 Å². The minimum Gasteiger partial charge on any atom is -0.467 e. The van der Waals surface area contributed by atoms with E-state index in [1.807, 2.05) is 13.8 Å². The third-order valence-electron chi connectivity index (χ3n) is 2.82. The van der Waals surface area contributed by atoms with Gasteiger partial charge < -0.3 is 10.1 Å². The molecule has 7 heteroatoms. The van der Waals surface area contributed by atoms with Gasteiger partial charge in [-0.1, -0.05) is 20.3 Å². The summed E-state index contributed by atoms with van der Waals surface area (Å²) < 4.78 is 6.40. The Hall–Kier alpha value is -0.400. The van der Waals surface area contributed by atoms with Crippen molar-refractivity contribution in [1.29, 1.82) is 0 Å². The lowest BCUT2D eigenvalue weighted by molar-refractivity contribution is -0.144. The first-order valence-electron chi connectivity index (χ1n) is 5.74. The van der Waals surface area contributed by atoms with Gasteiger partial charge in [-0.3, -0.25) is 4.79 Å². The molecule has 0 bridgehead atoms. The zero-order valence-electron chi connectivity index (χ0n) is 10.8. The summed E-state index contributed by atoms with van der Waals surface area (Å²) in [6, 6.07) is 1.09. The summed E-state index contributed by atoms with van der Waals surface area (Å²) in [6.45, 7) is 3.87. The fourth-order valence-electron chi connectivity index (χ4n) is 1.47. The smallest absolute Gasteiger partial charge is 0.328 e. The van der Waals surface area contributed by atoms with Gasteiger partial charge in [0.05, 0.1) is 15.8 Å². The van der Waals surface area contributed by atoms with E-state index in [0.29, 0.717) is 4.88 Å². The second-order valence-corrected chi connectivity index (χ2v) is 7.32. The zero-order valence-corrected chi connectivity index (χ0v) is 14.8. The molecular formula is C12H15Br2NO3S. The molecule has 0 spiro atoms. The molecule has 0 aliphatic rings. The normalized spacial score (nSPS) is 13.7. The predicted octanol–water partition coefficient (Wildman–Crippen LogP) is 3.59. The molecule has 0 fully saturated rings. The van der Waals surface area contributed by atoms with Crippen LogP contribution in [0, 0.1) is 5.92 Å². The van der Waals surface area contributed by atoms with Crippen LogP contribution in [0.4, 0.5) is 0 Å². The van der Waals surface area contributed by atoms with Crippen molar-refractivity contribution in [2.75, 3.05) is 7.11 Å². The molecule has 0 aliphatic carbocycles. The zero-order chi connectivity index (χ0) is 14.6. The Balaban J connectivity index is 2.84. The first kappa shape index (κ1) is 16.7. The van der Waals surface area contributed by atoms with Crippen LogP contribution in [0.2, 0.25) is 0 Å². The fourth-order valence-corrected chi connectivity index (χ4v) is 3.41. The van der Waals surface area contributed by atoms with E-state index in [0.717, 1.165) is 14.7 Å². The van der Waals surface area contributed by atoms with Crippen LogP contribution in [0.15, 0.2) is 14.3 Å². The molecule has 0 unspecified atom stereocenters. The lowest BCUT2D eigenvalue weighted by Gasteiger charge is -2.21. The molecule has 0 aliphatic heterocycles. The van der Waals surface area contributed by atoms with Crippen LogP contribution in [0.1, 0.15) is 29.9 Å². The molecule has 0 saturated carbocycles. The van der Waals surface area contributed by atoms with Crippen molar-refractivity contribution in [3.05, 3.63) is 19.2 Å². The van der Waals surface area contributed by atoms with E-state index in [2.05, 4.69) is 37.2 Å². The fraction of sp³-hybridized carbons (Fsp3) is 0.500. The van der Waals surface area contributed by atoms with Gasteiger partial charge in [-0.15, -0.1) is 11.3 Å². The van der Waals surface area contributed by atoms with Crippen LogP contribution in [0.3, 0.4) is 0 Å². The van der Waals surface area contributed by atoms with Gasteiger partial charge in [0.25, 0.3) is 5.91 Å². The van der Waals surface area contributed by atoms with E-state index in [4.69, 9.17) is 4.74 Å². The molecule has 1 heterocycles. The van der Waals surface area contributed by atoms with Crippen LogP contribution < -0.4 is 5.32 Å². The van der Waals surface area contributed by atoms with Gasteiger partial charge in [-0.25, -0.2) is 4.79 Å². The van der Waals surface area contributed by atoms with E-state index in [1.54, 1.807) is 6.07 Å². The Morgan fingerprint density at radius 2 is 2.11 bits per heavy atom. The molecule has 0 saturated heterocycles. The van der Waals surface area contributed by atoms with Crippen LogP contribution in [-0.4, -0.2) is 25.0 Å². The average Bonchev–Trinajstić information content (AvgIpc) is 2.74. The summed E-state index contributed by atoms with van der Waals surface area (Å²) in [7, 11) is 1.32. The largest absolute Gasteiger partial charge is 0.467 e. The minimum atomic E-state index is -0.623. The number of methoxy groups -OCH3 is 1. The number of rotatable bonds is 5. The van der Waals surface area contributed by atoms with Crippen molar-refractivity contribution in [3.8, 4) is 0 Å². The van der Waals surface area contributed by atoms with Crippen molar-refractivity contribution < 1.29 is 14.3 Å². The number of amides is 1. The second kappa shape index (κ2) is 7.40. The van der Waals surface area contributed by atoms with Gasteiger partial charge in [-0.2, -0.15) is 0 Å². The van der Waals surface area contributed by atoms with E-state index >= 15 is 0 Å². The monoisotopic (exact) mass is 411 g/mol. The number of thiophene rings is 1. The Bertz CT molecular complexity index is 456. The van der Waals surface area contributed by atoms with Crippen molar-refractivity contribution >= 4 is 55.1 Å². The van der Waals surface area contributed by atoms with E-state index in [9.17, 15) is 9.59 Å². The summed E-state index contributed by atoms with van der Waals surface area (Å²) in [6.07, 6.45) is 0.776. The molecule has 19 heavy (non-hydrogen) atoms. The highest BCUT2D eigenvalue weighted by molar-refractivity contribution is 9.13. The molecule has 1 aromatic rings. The van der Waals surface area contributed by atoms with Gasteiger partial charge in [0.1, 0.15) is 6.04 Å². The highest BCUT2D eigenvalue weighted by atomic mass is 79.9. The number of hydrogen-bond donors (Lipinski definition) is 1. The lowest BCUT2D eigenvalue weighted by Crippen LogP contribution is -2.45. The molecular weight excluding hydrogens is 398 g/mol. The molecule has 106 valence electrons. The van der Waals surface area contributed by atoms with Crippen LogP contribution in [0.5, 0.6) is 0 Å². The number of esters is 1.